The first kappa shape index (κ1) is 21.3. The zero-order chi connectivity index (χ0) is 22.7. The number of aryl methyl sites for hydroxylation is 2. The molecule has 2 N–H and O–H groups in total. The molecule has 0 aliphatic heterocycles. The van der Waals surface area contributed by atoms with Crippen LogP contribution in [0, 0.1) is 13.8 Å². The normalized spacial score (nSPS) is 12.0. The molecular weight excluding hydrogens is 426 g/mol. The summed E-state index contributed by atoms with van der Waals surface area (Å²) >= 11 is 0. The van der Waals surface area contributed by atoms with Crippen LogP contribution in [0.4, 0.5) is 5.69 Å². The fourth-order valence-corrected chi connectivity index (χ4v) is 4.14. The van der Waals surface area contributed by atoms with Gasteiger partial charge in [0.05, 0.1) is 4.90 Å². The van der Waals surface area contributed by atoms with Gasteiger partial charge in [0.15, 0.2) is 0 Å². The van der Waals surface area contributed by atoms with Crippen LogP contribution in [0.1, 0.15) is 21.5 Å². The quantitative estimate of drug-likeness (QED) is 0.450. The van der Waals surface area contributed by atoms with Crippen LogP contribution < -0.4 is 15.7 Å². The van der Waals surface area contributed by atoms with E-state index in [0.717, 1.165) is 11.1 Å². The van der Waals surface area contributed by atoms with Gasteiger partial charge < -0.3 is 9.73 Å². The van der Waals surface area contributed by atoms with E-state index < -0.39 is 15.9 Å². The lowest BCUT2D eigenvalue weighted by Gasteiger charge is -2.09. The summed E-state index contributed by atoms with van der Waals surface area (Å²) in [7, 11) is -3.93. The van der Waals surface area contributed by atoms with Gasteiger partial charge >= 0.3 is 0 Å². The van der Waals surface area contributed by atoms with E-state index in [9.17, 15) is 13.2 Å². The Balaban J connectivity index is 1.76. The smallest absolute Gasteiger partial charge is 0.276 e. The molecule has 0 fully saturated rings. The molecule has 0 spiro atoms. The molecule has 8 heteroatoms. The summed E-state index contributed by atoms with van der Waals surface area (Å²) in [5, 5.41) is 7.46. The lowest BCUT2D eigenvalue weighted by atomic mass is 10.1. The molecule has 32 heavy (non-hydrogen) atoms. The third-order valence-electron chi connectivity index (χ3n) is 4.70. The summed E-state index contributed by atoms with van der Waals surface area (Å²) < 4.78 is 30.9. The number of rotatable bonds is 5. The van der Waals surface area contributed by atoms with E-state index in [4.69, 9.17) is 4.42 Å². The van der Waals surface area contributed by atoms with Crippen LogP contribution in [0.5, 0.6) is 0 Å². The molecule has 0 aliphatic rings. The van der Waals surface area contributed by atoms with Crippen molar-refractivity contribution in [3.8, 4) is 0 Å². The Bertz CT molecular complexity index is 1460. The topological polar surface area (TPSA) is 101 Å². The molecule has 4 aromatic rings. The molecule has 7 nitrogen and oxygen atoms in total. The number of para-hydroxylation sites is 1. The minimum Gasteiger partial charge on any atom is -0.436 e. The fraction of sp³-hybridized carbons (Fsp3) is 0.0833. The Morgan fingerprint density at radius 3 is 2.25 bits per heavy atom. The Morgan fingerprint density at radius 1 is 0.875 bits per heavy atom. The highest BCUT2D eigenvalue weighted by atomic mass is 32.2. The van der Waals surface area contributed by atoms with Gasteiger partial charge in [0, 0.05) is 11.1 Å². The van der Waals surface area contributed by atoms with Crippen molar-refractivity contribution >= 4 is 32.6 Å². The molecule has 162 valence electrons. The Hall–Kier alpha value is -3.91. The molecule has 1 aromatic heterocycles. The monoisotopic (exact) mass is 447 g/mol. The van der Waals surface area contributed by atoms with Gasteiger partial charge in [-0.05, 0) is 61.4 Å². The number of hydrogen-bond donors (Lipinski definition) is 2. The molecule has 0 radical (unpaired) electrons. The largest absolute Gasteiger partial charge is 0.436 e. The van der Waals surface area contributed by atoms with E-state index in [1.807, 2.05) is 38.1 Å². The molecule has 0 unspecified atom stereocenters. The molecule has 0 saturated heterocycles. The van der Waals surface area contributed by atoms with Crippen LogP contribution in [-0.4, -0.2) is 14.3 Å². The zero-order valence-electron chi connectivity index (χ0n) is 17.5. The summed E-state index contributed by atoms with van der Waals surface area (Å²) in [6.45, 7) is 3.88. The second kappa shape index (κ2) is 8.68. The van der Waals surface area contributed by atoms with E-state index in [1.54, 1.807) is 42.5 Å². The predicted molar refractivity (Wildman–Crippen MR) is 122 cm³/mol. The molecule has 0 bridgehead atoms. The average molecular weight is 448 g/mol. The zero-order valence-corrected chi connectivity index (χ0v) is 18.3. The first-order chi connectivity index (χ1) is 15.3. The third kappa shape index (κ3) is 4.70. The number of nitrogens with one attached hydrogen (secondary N) is 2. The van der Waals surface area contributed by atoms with E-state index >= 15 is 0 Å². The van der Waals surface area contributed by atoms with Gasteiger partial charge in [-0.15, -0.1) is 5.10 Å². The molecule has 3 aromatic carbocycles. The maximum atomic E-state index is 13.1. The number of carbonyl (C=O) groups excluding carboxylic acids is 1. The van der Waals surface area contributed by atoms with Crippen LogP contribution in [0.2, 0.25) is 0 Å². The van der Waals surface area contributed by atoms with Crippen molar-refractivity contribution in [2.45, 2.75) is 18.7 Å². The maximum absolute atomic E-state index is 13.1. The lowest BCUT2D eigenvalue weighted by Crippen LogP contribution is -2.27. The number of fused-ring (bicyclic) bond motifs is 1. The lowest BCUT2D eigenvalue weighted by molar-refractivity contribution is 0.102. The Labute approximate surface area is 185 Å². The number of amides is 1. The van der Waals surface area contributed by atoms with E-state index in [2.05, 4.69) is 15.2 Å². The van der Waals surface area contributed by atoms with Crippen LogP contribution in [-0.2, 0) is 10.0 Å². The Morgan fingerprint density at radius 2 is 1.53 bits per heavy atom. The van der Waals surface area contributed by atoms with E-state index in [1.165, 1.54) is 12.1 Å². The number of sulfonamides is 1. The molecule has 1 heterocycles. The summed E-state index contributed by atoms with van der Waals surface area (Å²) in [5.74, 6) is -0.470. The summed E-state index contributed by atoms with van der Waals surface area (Å²) in [4.78, 5) is 15.3. The standard InChI is InChI=1S/C24H21N3O4S/c1-16-12-17(2)14-19(13-16)25-23(28)21-15-18-8-6-7-11-22(18)31-24(21)26-27-32(29,30)20-9-4-3-5-10-20/h3-15,27H,1-2H3,(H,25,28). The fourth-order valence-electron chi connectivity index (χ4n) is 3.31. The second-order valence-electron chi connectivity index (χ2n) is 7.35. The van der Waals surface area contributed by atoms with Gasteiger partial charge in [-0.25, -0.2) is 0 Å². The highest BCUT2D eigenvalue weighted by Gasteiger charge is 2.16. The van der Waals surface area contributed by atoms with Crippen molar-refractivity contribution in [3.63, 3.8) is 0 Å². The summed E-state index contributed by atoms with van der Waals surface area (Å²) in [6.07, 6.45) is 0. The molecule has 0 atom stereocenters. The van der Waals surface area contributed by atoms with Crippen molar-refractivity contribution in [2.24, 2.45) is 5.10 Å². The Kier molecular flexibility index (Phi) is 5.79. The SMILES string of the molecule is Cc1cc(C)cc(NC(=O)c2cc3ccccc3oc2=NNS(=O)(=O)c2ccccc2)c1. The van der Waals surface area contributed by atoms with Gasteiger partial charge in [-0.1, -0.05) is 42.5 Å². The van der Waals surface area contributed by atoms with Gasteiger partial charge in [0.25, 0.3) is 15.9 Å². The van der Waals surface area contributed by atoms with Crippen molar-refractivity contribution in [1.29, 1.82) is 0 Å². The van der Waals surface area contributed by atoms with Crippen LogP contribution in [0.15, 0.2) is 93.3 Å². The summed E-state index contributed by atoms with van der Waals surface area (Å²) in [5.41, 5.74) is 3.04. The van der Waals surface area contributed by atoms with Crippen molar-refractivity contribution in [3.05, 3.63) is 101 Å². The molecule has 0 aliphatic carbocycles. The van der Waals surface area contributed by atoms with Crippen LogP contribution >= 0.6 is 0 Å². The number of nitrogens with zero attached hydrogens (tertiary/aromatic N) is 1. The van der Waals surface area contributed by atoms with Gasteiger partial charge in [0.2, 0.25) is 5.55 Å². The molecular formula is C24H21N3O4S. The maximum Gasteiger partial charge on any atom is 0.276 e. The van der Waals surface area contributed by atoms with Gasteiger partial charge in [-0.2, -0.15) is 13.2 Å². The molecule has 0 saturated carbocycles. The minimum atomic E-state index is -3.93. The number of carbonyl (C=O) groups is 1. The van der Waals surface area contributed by atoms with Crippen molar-refractivity contribution in [1.82, 2.24) is 4.83 Å². The molecule has 1 amide bonds. The third-order valence-corrected chi connectivity index (χ3v) is 5.93. The second-order valence-corrected chi connectivity index (χ2v) is 9.01. The summed E-state index contributed by atoms with van der Waals surface area (Å²) in [6, 6.07) is 22.2. The first-order valence-electron chi connectivity index (χ1n) is 9.85. The van der Waals surface area contributed by atoms with Crippen molar-refractivity contribution < 1.29 is 17.6 Å². The number of anilines is 1. The minimum absolute atomic E-state index is 0.0470. The van der Waals surface area contributed by atoms with Crippen LogP contribution in [0.25, 0.3) is 11.0 Å². The van der Waals surface area contributed by atoms with Gasteiger partial charge in [0.1, 0.15) is 11.1 Å². The van der Waals surface area contributed by atoms with Gasteiger partial charge in [-0.3, -0.25) is 4.79 Å². The number of benzene rings is 3. The van der Waals surface area contributed by atoms with E-state index in [0.29, 0.717) is 16.7 Å². The molecule has 4 rings (SSSR count). The predicted octanol–water partition coefficient (Wildman–Crippen LogP) is 4.10. The first-order valence-corrected chi connectivity index (χ1v) is 11.3. The number of hydrogen-bond acceptors (Lipinski definition) is 5. The van der Waals surface area contributed by atoms with Crippen molar-refractivity contribution in [2.75, 3.05) is 5.32 Å². The average Bonchev–Trinajstić information content (AvgIpc) is 2.77. The highest BCUT2D eigenvalue weighted by Crippen LogP contribution is 2.17. The van der Waals surface area contributed by atoms with E-state index in [-0.39, 0.29) is 16.0 Å². The highest BCUT2D eigenvalue weighted by molar-refractivity contribution is 7.89. The van der Waals surface area contributed by atoms with Crippen LogP contribution in [0.3, 0.4) is 0 Å².